The summed E-state index contributed by atoms with van der Waals surface area (Å²) in [6.45, 7) is 0. The van der Waals surface area contributed by atoms with E-state index in [2.05, 4.69) is 12.6 Å². The van der Waals surface area contributed by atoms with Crippen LogP contribution in [0, 0.1) is 0 Å². The van der Waals surface area contributed by atoms with Crippen LogP contribution < -0.4 is 0 Å². The third-order valence-electron chi connectivity index (χ3n) is 3.00. The topological polar surface area (TPSA) is 60.7 Å². The molecule has 0 saturated carbocycles. The highest BCUT2D eigenvalue weighted by Gasteiger charge is 2.16. The van der Waals surface area contributed by atoms with E-state index < -0.39 is 12.2 Å². The summed E-state index contributed by atoms with van der Waals surface area (Å²) in [5.74, 6) is 0.439. The zero-order valence-corrected chi connectivity index (χ0v) is 11.2. The fourth-order valence-corrected chi connectivity index (χ4v) is 2.05. The number of thiol groups is 1. The van der Waals surface area contributed by atoms with E-state index in [1.807, 2.05) is 24.3 Å². The zero-order valence-electron chi connectivity index (χ0n) is 10.3. The first-order valence-electron chi connectivity index (χ1n) is 5.98. The molecule has 0 bridgehead atoms. The van der Waals surface area contributed by atoms with Gasteiger partial charge in [0.05, 0.1) is 6.10 Å². The van der Waals surface area contributed by atoms with Crippen LogP contribution in [0.1, 0.15) is 11.7 Å². The highest BCUT2D eigenvalue weighted by molar-refractivity contribution is 7.80. The molecule has 100 valence electrons. The van der Waals surface area contributed by atoms with Crippen LogP contribution >= 0.6 is 12.6 Å². The molecule has 0 spiro atoms. The van der Waals surface area contributed by atoms with Gasteiger partial charge >= 0.3 is 0 Å². The number of hydrogen-bond donors (Lipinski definition) is 4. The Morgan fingerprint density at radius 3 is 1.79 bits per heavy atom. The Bertz CT molecular complexity index is 522. The molecule has 0 amide bonds. The van der Waals surface area contributed by atoms with Crippen molar-refractivity contribution in [2.45, 2.75) is 12.2 Å². The van der Waals surface area contributed by atoms with Gasteiger partial charge in [-0.2, -0.15) is 12.6 Å². The number of rotatable bonds is 4. The van der Waals surface area contributed by atoms with Crippen LogP contribution in [0.5, 0.6) is 5.75 Å². The lowest BCUT2D eigenvalue weighted by atomic mass is 10.00. The van der Waals surface area contributed by atoms with Crippen molar-refractivity contribution >= 4 is 12.6 Å². The van der Waals surface area contributed by atoms with Crippen molar-refractivity contribution in [2.24, 2.45) is 0 Å². The summed E-state index contributed by atoms with van der Waals surface area (Å²) in [5.41, 5.74) is 2.62. The maximum absolute atomic E-state index is 9.85. The Kier molecular flexibility index (Phi) is 4.47. The number of benzene rings is 2. The SMILES string of the molecule is Oc1ccc(-c2ccc(C(O)C(O)CS)cc2)cc1. The monoisotopic (exact) mass is 276 g/mol. The standard InChI is InChI=1S/C15H16O3S/c16-13-7-5-11(6-8-13)10-1-3-12(4-2-10)15(18)14(17)9-19/h1-8,14-19H,9H2. The van der Waals surface area contributed by atoms with Crippen molar-refractivity contribution in [1.82, 2.24) is 0 Å². The second kappa shape index (κ2) is 6.10. The molecule has 0 radical (unpaired) electrons. The molecule has 0 fully saturated rings. The van der Waals surface area contributed by atoms with Crippen LogP contribution in [0.4, 0.5) is 0 Å². The first-order chi connectivity index (χ1) is 9.11. The summed E-state index contributed by atoms with van der Waals surface area (Å²) >= 11 is 3.96. The molecule has 2 aromatic carbocycles. The van der Waals surface area contributed by atoms with Crippen LogP contribution in [-0.4, -0.2) is 27.2 Å². The smallest absolute Gasteiger partial charge is 0.115 e. The maximum atomic E-state index is 9.85. The quantitative estimate of drug-likeness (QED) is 0.648. The molecule has 0 aromatic heterocycles. The van der Waals surface area contributed by atoms with Gasteiger partial charge in [-0.25, -0.2) is 0 Å². The van der Waals surface area contributed by atoms with Gasteiger partial charge in [0.1, 0.15) is 11.9 Å². The van der Waals surface area contributed by atoms with E-state index in [4.69, 9.17) is 0 Å². The summed E-state index contributed by atoms with van der Waals surface area (Å²) < 4.78 is 0. The van der Waals surface area contributed by atoms with Crippen molar-refractivity contribution in [2.75, 3.05) is 5.75 Å². The normalized spacial score (nSPS) is 14.1. The molecule has 2 unspecified atom stereocenters. The molecule has 0 saturated heterocycles. The van der Waals surface area contributed by atoms with Crippen molar-refractivity contribution in [1.29, 1.82) is 0 Å². The molecular weight excluding hydrogens is 260 g/mol. The molecule has 2 aromatic rings. The Morgan fingerprint density at radius 2 is 1.32 bits per heavy atom. The van der Waals surface area contributed by atoms with Gasteiger partial charge in [-0.1, -0.05) is 36.4 Å². The van der Waals surface area contributed by atoms with Gasteiger partial charge < -0.3 is 15.3 Å². The van der Waals surface area contributed by atoms with E-state index in [1.54, 1.807) is 24.3 Å². The molecule has 0 aliphatic heterocycles. The molecule has 0 aliphatic carbocycles. The number of phenols is 1. The Balaban J connectivity index is 2.21. The van der Waals surface area contributed by atoms with E-state index in [0.29, 0.717) is 5.56 Å². The summed E-state index contributed by atoms with van der Waals surface area (Å²) in [5, 5.41) is 28.6. The van der Waals surface area contributed by atoms with Crippen LogP contribution in [-0.2, 0) is 0 Å². The lowest BCUT2D eigenvalue weighted by molar-refractivity contribution is 0.0338. The molecule has 19 heavy (non-hydrogen) atoms. The largest absolute Gasteiger partial charge is 0.508 e. The Morgan fingerprint density at radius 1 is 0.842 bits per heavy atom. The number of aliphatic hydroxyl groups is 2. The number of aromatic hydroxyl groups is 1. The van der Waals surface area contributed by atoms with Gasteiger partial charge in [-0.05, 0) is 28.8 Å². The molecule has 0 aliphatic rings. The lowest BCUT2D eigenvalue weighted by Crippen LogP contribution is -2.19. The summed E-state index contributed by atoms with van der Waals surface area (Å²) in [6.07, 6.45) is -1.80. The third-order valence-corrected chi connectivity index (χ3v) is 3.38. The van der Waals surface area contributed by atoms with Gasteiger partial charge in [-0.15, -0.1) is 0 Å². The van der Waals surface area contributed by atoms with Crippen molar-refractivity contribution in [3.8, 4) is 16.9 Å². The highest BCUT2D eigenvalue weighted by Crippen LogP contribution is 2.25. The van der Waals surface area contributed by atoms with E-state index in [1.165, 1.54) is 0 Å². The van der Waals surface area contributed by atoms with E-state index in [0.717, 1.165) is 11.1 Å². The van der Waals surface area contributed by atoms with Gasteiger partial charge in [0.25, 0.3) is 0 Å². The van der Waals surface area contributed by atoms with Crippen LogP contribution in [0.15, 0.2) is 48.5 Å². The van der Waals surface area contributed by atoms with Gasteiger partial charge in [0.15, 0.2) is 0 Å². The molecule has 2 atom stereocenters. The zero-order chi connectivity index (χ0) is 13.8. The van der Waals surface area contributed by atoms with Crippen LogP contribution in [0.3, 0.4) is 0 Å². The van der Waals surface area contributed by atoms with Gasteiger partial charge in [-0.3, -0.25) is 0 Å². The van der Waals surface area contributed by atoms with Crippen molar-refractivity contribution in [3.63, 3.8) is 0 Å². The predicted molar refractivity (Wildman–Crippen MR) is 78.4 cm³/mol. The molecule has 3 nitrogen and oxygen atoms in total. The lowest BCUT2D eigenvalue weighted by Gasteiger charge is -2.16. The van der Waals surface area contributed by atoms with E-state index in [9.17, 15) is 15.3 Å². The Hall–Kier alpha value is -1.49. The molecule has 4 heteroatoms. The summed E-state index contributed by atoms with van der Waals surface area (Å²) in [4.78, 5) is 0. The number of phenolic OH excluding ortho intramolecular Hbond substituents is 1. The predicted octanol–water partition coefficient (Wildman–Crippen LogP) is 2.38. The van der Waals surface area contributed by atoms with Gasteiger partial charge in [0, 0.05) is 5.75 Å². The van der Waals surface area contributed by atoms with E-state index >= 15 is 0 Å². The highest BCUT2D eigenvalue weighted by atomic mass is 32.1. The molecule has 2 rings (SSSR count). The van der Waals surface area contributed by atoms with E-state index in [-0.39, 0.29) is 11.5 Å². The molecule has 0 heterocycles. The summed E-state index contributed by atoms with van der Waals surface area (Å²) in [6, 6.07) is 14.2. The number of aliphatic hydroxyl groups excluding tert-OH is 2. The third kappa shape index (κ3) is 3.29. The minimum atomic E-state index is -0.925. The van der Waals surface area contributed by atoms with Crippen molar-refractivity contribution < 1.29 is 15.3 Å². The average molecular weight is 276 g/mol. The van der Waals surface area contributed by atoms with Crippen molar-refractivity contribution in [3.05, 3.63) is 54.1 Å². The van der Waals surface area contributed by atoms with Gasteiger partial charge in [0.2, 0.25) is 0 Å². The molecule has 3 N–H and O–H groups in total. The maximum Gasteiger partial charge on any atom is 0.115 e. The fourth-order valence-electron chi connectivity index (χ4n) is 1.85. The minimum absolute atomic E-state index is 0.209. The number of hydrogen-bond acceptors (Lipinski definition) is 4. The second-order valence-electron chi connectivity index (χ2n) is 4.36. The minimum Gasteiger partial charge on any atom is -0.508 e. The van der Waals surface area contributed by atoms with Crippen LogP contribution in [0.2, 0.25) is 0 Å². The first-order valence-corrected chi connectivity index (χ1v) is 6.61. The van der Waals surface area contributed by atoms with Crippen LogP contribution in [0.25, 0.3) is 11.1 Å². The fraction of sp³-hybridized carbons (Fsp3) is 0.200. The molecular formula is C15H16O3S. The average Bonchev–Trinajstić information content (AvgIpc) is 2.46. The Labute approximate surface area is 117 Å². The first kappa shape index (κ1) is 13.9. The second-order valence-corrected chi connectivity index (χ2v) is 4.73. The summed E-state index contributed by atoms with van der Waals surface area (Å²) in [7, 11) is 0.